The van der Waals surface area contributed by atoms with E-state index in [0.29, 0.717) is 0 Å². The molecule has 1 atom stereocenters. The van der Waals surface area contributed by atoms with E-state index in [1.54, 1.807) is 23.2 Å². The van der Waals surface area contributed by atoms with Crippen LogP contribution < -0.4 is 0 Å². The van der Waals surface area contributed by atoms with Gasteiger partial charge in [-0.1, -0.05) is 12.1 Å². The number of hydrogen-bond donors (Lipinski definition) is 0. The summed E-state index contributed by atoms with van der Waals surface area (Å²) in [5.74, 6) is -0.378. The number of rotatable bonds is 4. The zero-order valence-corrected chi connectivity index (χ0v) is 12.0. The molecule has 0 aliphatic carbocycles. The fourth-order valence-corrected chi connectivity index (χ4v) is 2.40. The molecule has 0 saturated heterocycles. The molecule has 0 amide bonds. The minimum atomic E-state index is -3.22. The highest BCUT2D eigenvalue weighted by atomic mass is 32.2. The number of ether oxygens (including phenoxy) is 2. The van der Waals surface area contributed by atoms with Gasteiger partial charge in [-0.2, -0.15) is 0 Å². The smallest absolute Gasteiger partial charge is 0.304 e. The van der Waals surface area contributed by atoms with Crippen LogP contribution in [0.25, 0.3) is 0 Å². The molecule has 1 aliphatic heterocycles. The summed E-state index contributed by atoms with van der Waals surface area (Å²) in [6.07, 6.45) is 3.89. The van der Waals surface area contributed by atoms with Crippen LogP contribution in [0.3, 0.4) is 0 Å². The van der Waals surface area contributed by atoms with Crippen LogP contribution in [0, 0.1) is 0 Å². The third kappa shape index (κ3) is 3.30. The topological polar surface area (TPSA) is 72.9 Å². The van der Waals surface area contributed by atoms with Gasteiger partial charge in [0.1, 0.15) is 6.26 Å². The Labute approximate surface area is 117 Å². The highest BCUT2D eigenvalue weighted by Crippen LogP contribution is 2.28. The van der Waals surface area contributed by atoms with Crippen LogP contribution in [-0.2, 0) is 24.1 Å². The van der Waals surface area contributed by atoms with Crippen molar-refractivity contribution >= 4 is 15.8 Å². The van der Waals surface area contributed by atoms with E-state index in [0.717, 1.165) is 11.8 Å². The molecule has 0 aromatic heterocycles. The molecule has 0 bridgehead atoms. The maximum absolute atomic E-state index is 11.4. The quantitative estimate of drug-likeness (QED) is 0.782. The van der Waals surface area contributed by atoms with Crippen molar-refractivity contribution in [2.75, 3.05) is 13.0 Å². The standard InChI is InChI=1S/C13H15NO5S/c1-10(15)19-9-14-7-8-18-13(14)11-3-5-12(6-4-11)20(2,16)17/h3-8,13H,9H2,1-2H3. The molecule has 20 heavy (non-hydrogen) atoms. The van der Waals surface area contributed by atoms with Crippen molar-refractivity contribution in [2.45, 2.75) is 18.0 Å². The third-order valence-corrected chi connectivity index (χ3v) is 3.90. The predicted octanol–water partition coefficient (Wildman–Crippen LogP) is 1.41. The molecular weight excluding hydrogens is 282 g/mol. The molecule has 0 fully saturated rings. The number of sulfone groups is 1. The Bertz CT molecular complexity index is 621. The summed E-state index contributed by atoms with van der Waals surface area (Å²) in [6.45, 7) is 1.40. The first-order valence-electron chi connectivity index (χ1n) is 5.89. The summed E-state index contributed by atoms with van der Waals surface area (Å²) in [5.41, 5.74) is 0.773. The Morgan fingerprint density at radius 3 is 2.55 bits per heavy atom. The molecular formula is C13H15NO5S. The number of benzene rings is 1. The average molecular weight is 297 g/mol. The maximum Gasteiger partial charge on any atom is 0.304 e. The third-order valence-electron chi connectivity index (χ3n) is 2.77. The van der Waals surface area contributed by atoms with Gasteiger partial charge in [-0.3, -0.25) is 4.79 Å². The van der Waals surface area contributed by atoms with Crippen LogP contribution in [0.2, 0.25) is 0 Å². The highest BCUT2D eigenvalue weighted by molar-refractivity contribution is 7.90. The van der Waals surface area contributed by atoms with Crippen LogP contribution >= 0.6 is 0 Å². The maximum atomic E-state index is 11.4. The van der Waals surface area contributed by atoms with Crippen molar-refractivity contribution in [3.05, 3.63) is 42.3 Å². The second-order valence-corrected chi connectivity index (χ2v) is 6.41. The Morgan fingerprint density at radius 2 is 2.00 bits per heavy atom. The molecule has 0 saturated carbocycles. The van der Waals surface area contributed by atoms with Gasteiger partial charge in [0.25, 0.3) is 0 Å². The zero-order valence-electron chi connectivity index (χ0n) is 11.1. The van der Waals surface area contributed by atoms with Crippen LogP contribution in [0.1, 0.15) is 18.7 Å². The van der Waals surface area contributed by atoms with Gasteiger partial charge in [-0.25, -0.2) is 8.42 Å². The van der Waals surface area contributed by atoms with Crippen LogP contribution in [0.15, 0.2) is 41.6 Å². The van der Waals surface area contributed by atoms with Gasteiger partial charge < -0.3 is 14.4 Å². The first-order chi connectivity index (χ1) is 9.38. The summed E-state index contributed by atoms with van der Waals surface area (Å²) >= 11 is 0. The van der Waals surface area contributed by atoms with Gasteiger partial charge in [0, 0.05) is 24.9 Å². The second kappa shape index (κ2) is 5.54. The van der Waals surface area contributed by atoms with Crippen molar-refractivity contribution in [2.24, 2.45) is 0 Å². The van der Waals surface area contributed by atoms with E-state index in [4.69, 9.17) is 9.47 Å². The van der Waals surface area contributed by atoms with Crippen molar-refractivity contribution in [3.8, 4) is 0 Å². The molecule has 108 valence electrons. The van der Waals surface area contributed by atoms with Gasteiger partial charge in [0.15, 0.2) is 22.8 Å². The SMILES string of the molecule is CC(=O)OCN1C=COC1c1ccc(S(C)(=O)=O)cc1. The summed E-state index contributed by atoms with van der Waals surface area (Å²) < 4.78 is 33.1. The van der Waals surface area contributed by atoms with E-state index in [2.05, 4.69) is 0 Å². The molecule has 0 N–H and O–H groups in total. The lowest BCUT2D eigenvalue weighted by Crippen LogP contribution is -2.24. The van der Waals surface area contributed by atoms with Gasteiger partial charge in [-0.15, -0.1) is 0 Å². The molecule has 1 heterocycles. The number of esters is 1. The van der Waals surface area contributed by atoms with Gasteiger partial charge in [-0.05, 0) is 12.1 Å². The largest absolute Gasteiger partial charge is 0.472 e. The van der Waals surface area contributed by atoms with E-state index in [1.807, 2.05) is 0 Å². The van der Waals surface area contributed by atoms with Crippen LogP contribution in [0.4, 0.5) is 0 Å². The minimum Gasteiger partial charge on any atom is -0.472 e. The minimum absolute atomic E-state index is 0.0737. The molecule has 1 aromatic rings. The summed E-state index contributed by atoms with van der Waals surface area (Å²) in [7, 11) is -3.22. The molecule has 1 unspecified atom stereocenters. The molecule has 2 rings (SSSR count). The van der Waals surface area contributed by atoms with Gasteiger partial charge in [0.05, 0.1) is 4.90 Å². The van der Waals surface area contributed by atoms with Gasteiger partial charge in [0.2, 0.25) is 0 Å². The molecule has 1 aromatic carbocycles. The Kier molecular flexibility index (Phi) is 3.99. The lowest BCUT2D eigenvalue weighted by atomic mass is 10.2. The van der Waals surface area contributed by atoms with Gasteiger partial charge >= 0.3 is 5.97 Å². The molecule has 0 radical (unpaired) electrons. The Balaban J connectivity index is 2.13. The number of carbonyl (C=O) groups is 1. The molecule has 6 nitrogen and oxygen atoms in total. The van der Waals surface area contributed by atoms with E-state index < -0.39 is 16.1 Å². The molecule has 7 heteroatoms. The van der Waals surface area contributed by atoms with E-state index >= 15 is 0 Å². The average Bonchev–Trinajstić information content (AvgIpc) is 2.83. The van der Waals surface area contributed by atoms with E-state index in [1.165, 1.54) is 25.3 Å². The Hall–Kier alpha value is -2.02. The second-order valence-electron chi connectivity index (χ2n) is 4.39. The van der Waals surface area contributed by atoms with Crippen molar-refractivity contribution in [3.63, 3.8) is 0 Å². The lowest BCUT2D eigenvalue weighted by molar-refractivity contribution is -0.147. The Morgan fingerprint density at radius 1 is 1.35 bits per heavy atom. The summed E-state index contributed by atoms with van der Waals surface area (Å²) in [4.78, 5) is 12.8. The normalized spacial score (nSPS) is 17.9. The lowest BCUT2D eigenvalue weighted by Gasteiger charge is -2.23. The first kappa shape index (κ1) is 14.4. The number of carbonyl (C=O) groups excluding carboxylic acids is 1. The monoisotopic (exact) mass is 297 g/mol. The highest BCUT2D eigenvalue weighted by Gasteiger charge is 2.23. The fourth-order valence-electron chi connectivity index (χ4n) is 1.77. The predicted molar refractivity (Wildman–Crippen MR) is 71.0 cm³/mol. The number of nitrogens with zero attached hydrogens (tertiary/aromatic N) is 1. The van der Waals surface area contributed by atoms with E-state index in [-0.39, 0.29) is 17.6 Å². The van der Waals surface area contributed by atoms with Crippen molar-refractivity contribution in [1.82, 2.24) is 4.90 Å². The summed E-state index contributed by atoms with van der Waals surface area (Å²) in [5, 5.41) is 0. The number of hydrogen-bond acceptors (Lipinski definition) is 6. The fraction of sp³-hybridized carbons (Fsp3) is 0.308. The molecule has 0 spiro atoms. The molecule has 1 aliphatic rings. The first-order valence-corrected chi connectivity index (χ1v) is 7.78. The van der Waals surface area contributed by atoms with Crippen LogP contribution in [0.5, 0.6) is 0 Å². The van der Waals surface area contributed by atoms with Crippen molar-refractivity contribution < 1.29 is 22.7 Å². The van der Waals surface area contributed by atoms with Crippen molar-refractivity contribution in [1.29, 1.82) is 0 Å². The van der Waals surface area contributed by atoms with E-state index in [9.17, 15) is 13.2 Å². The van der Waals surface area contributed by atoms with Crippen LogP contribution in [-0.4, -0.2) is 32.3 Å². The zero-order chi connectivity index (χ0) is 14.8. The summed E-state index contributed by atoms with van der Waals surface area (Å²) in [6, 6.07) is 6.40.